The van der Waals surface area contributed by atoms with Crippen molar-refractivity contribution in [2.75, 3.05) is 18.0 Å². The summed E-state index contributed by atoms with van der Waals surface area (Å²) in [5, 5.41) is 0. The van der Waals surface area contributed by atoms with E-state index in [1.165, 1.54) is 0 Å². The van der Waals surface area contributed by atoms with E-state index < -0.39 is 0 Å². The number of rotatable bonds is 7. The molecule has 0 spiro atoms. The van der Waals surface area contributed by atoms with Crippen LogP contribution >= 0.6 is 0 Å². The summed E-state index contributed by atoms with van der Waals surface area (Å²) in [6.07, 6.45) is 3.83. The van der Waals surface area contributed by atoms with Crippen LogP contribution in [0.1, 0.15) is 58.5 Å². The first-order valence-electron chi connectivity index (χ1n) is 13.0. The standard InChI is InChI=1S/C32H33N3O2/c1-4-5-19-33(32(37)25-17-15-23(2)16-18-25)22-30(36)35-28-13-7-6-12-27(28)34-20-9-14-29(34)31(35)26-11-8-10-24(3)21-26/h6-18,20-21,31H,4-5,19,22H2,1-3H3. The van der Waals surface area contributed by atoms with Gasteiger partial charge in [0.15, 0.2) is 0 Å². The second-order valence-electron chi connectivity index (χ2n) is 9.82. The molecule has 0 aliphatic carbocycles. The highest BCUT2D eigenvalue weighted by Crippen LogP contribution is 2.42. The largest absolute Gasteiger partial charge is 0.329 e. The first-order valence-corrected chi connectivity index (χ1v) is 13.0. The highest BCUT2D eigenvalue weighted by Gasteiger charge is 2.37. The fourth-order valence-electron chi connectivity index (χ4n) is 5.14. The van der Waals surface area contributed by atoms with Gasteiger partial charge in [0.25, 0.3) is 5.91 Å². The summed E-state index contributed by atoms with van der Waals surface area (Å²) in [7, 11) is 0. The van der Waals surface area contributed by atoms with Gasteiger partial charge in [-0.3, -0.25) is 14.5 Å². The van der Waals surface area contributed by atoms with Crippen molar-refractivity contribution in [1.82, 2.24) is 9.47 Å². The summed E-state index contributed by atoms with van der Waals surface area (Å²) in [6.45, 7) is 6.72. The summed E-state index contributed by atoms with van der Waals surface area (Å²) in [6, 6.07) is 27.7. The average molecular weight is 492 g/mol. The van der Waals surface area contributed by atoms with Crippen molar-refractivity contribution in [3.63, 3.8) is 0 Å². The molecule has 0 saturated heterocycles. The Kier molecular flexibility index (Phi) is 6.95. The Hall–Kier alpha value is -4.12. The smallest absolute Gasteiger partial charge is 0.254 e. The number of unbranched alkanes of at least 4 members (excludes halogenated alkanes) is 1. The summed E-state index contributed by atoms with van der Waals surface area (Å²) in [5.41, 5.74) is 6.74. The number of aryl methyl sites for hydroxylation is 2. The SMILES string of the molecule is CCCCN(CC(=O)N1c2ccccc2-n2cccc2C1c1cccc(C)c1)C(=O)c1ccc(C)cc1. The van der Waals surface area contributed by atoms with Gasteiger partial charge in [0, 0.05) is 18.3 Å². The van der Waals surface area contributed by atoms with Crippen LogP contribution in [0.15, 0.2) is 91.1 Å². The quantitative estimate of drug-likeness (QED) is 0.297. The van der Waals surface area contributed by atoms with E-state index in [1.807, 2.05) is 78.7 Å². The van der Waals surface area contributed by atoms with Gasteiger partial charge >= 0.3 is 0 Å². The summed E-state index contributed by atoms with van der Waals surface area (Å²) >= 11 is 0. The maximum atomic E-state index is 14.2. The first-order chi connectivity index (χ1) is 18.0. The van der Waals surface area contributed by atoms with Crippen molar-refractivity contribution in [2.45, 2.75) is 39.7 Å². The van der Waals surface area contributed by atoms with Crippen LogP contribution < -0.4 is 4.90 Å². The molecule has 0 radical (unpaired) electrons. The highest BCUT2D eigenvalue weighted by molar-refractivity contribution is 6.02. The van der Waals surface area contributed by atoms with Gasteiger partial charge in [-0.15, -0.1) is 0 Å². The summed E-state index contributed by atoms with van der Waals surface area (Å²) in [4.78, 5) is 31.4. The summed E-state index contributed by atoms with van der Waals surface area (Å²) < 4.78 is 2.17. The molecule has 1 aliphatic heterocycles. The lowest BCUT2D eigenvalue weighted by Crippen LogP contribution is -2.47. The fraction of sp³-hybridized carbons (Fsp3) is 0.250. The molecule has 1 atom stereocenters. The molecular formula is C32H33N3O2. The van der Waals surface area contributed by atoms with Gasteiger partial charge in [-0.25, -0.2) is 0 Å². The van der Waals surface area contributed by atoms with Crippen molar-refractivity contribution in [2.24, 2.45) is 0 Å². The molecule has 0 saturated carbocycles. The molecule has 37 heavy (non-hydrogen) atoms. The van der Waals surface area contributed by atoms with Gasteiger partial charge < -0.3 is 9.47 Å². The lowest BCUT2D eigenvalue weighted by molar-refractivity contribution is -0.119. The fourth-order valence-corrected chi connectivity index (χ4v) is 5.14. The van der Waals surface area contributed by atoms with Gasteiger partial charge in [-0.05, 0) is 62.2 Å². The maximum Gasteiger partial charge on any atom is 0.254 e. The Morgan fingerprint density at radius 2 is 1.59 bits per heavy atom. The minimum atomic E-state index is -0.292. The van der Waals surface area contributed by atoms with Gasteiger partial charge in [-0.2, -0.15) is 0 Å². The highest BCUT2D eigenvalue weighted by atomic mass is 16.2. The molecule has 1 aromatic heterocycles. The van der Waals surface area contributed by atoms with Crippen molar-refractivity contribution in [1.29, 1.82) is 0 Å². The van der Waals surface area contributed by atoms with E-state index in [4.69, 9.17) is 0 Å². The lowest BCUT2D eigenvalue weighted by Gasteiger charge is -2.39. The van der Waals surface area contributed by atoms with E-state index in [-0.39, 0.29) is 24.4 Å². The molecule has 2 amide bonds. The average Bonchev–Trinajstić information content (AvgIpc) is 3.40. The second-order valence-corrected chi connectivity index (χ2v) is 9.82. The monoisotopic (exact) mass is 491 g/mol. The third-order valence-corrected chi connectivity index (χ3v) is 7.04. The van der Waals surface area contributed by atoms with Crippen molar-refractivity contribution in [3.8, 4) is 5.69 Å². The lowest BCUT2D eigenvalue weighted by atomic mass is 9.96. The number of carbonyl (C=O) groups is 2. The number of anilines is 1. The molecule has 2 heterocycles. The van der Waals surface area contributed by atoms with Gasteiger partial charge in [-0.1, -0.05) is 73.0 Å². The molecule has 5 rings (SSSR count). The number of hydrogen-bond donors (Lipinski definition) is 0. The van der Waals surface area contributed by atoms with E-state index in [1.54, 1.807) is 4.90 Å². The molecule has 0 N–H and O–H groups in total. The Labute approximate surface area is 219 Å². The molecule has 1 unspecified atom stereocenters. The minimum absolute atomic E-state index is 0.0179. The van der Waals surface area contributed by atoms with Crippen molar-refractivity contribution < 1.29 is 9.59 Å². The third kappa shape index (κ3) is 4.82. The topological polar surface area (TPSA) is 45.6 Å². The zero-order valence-electron chi connectivity index (χ0n) is 21.7. The molecule has 0 bridgehead atoms. The minimum Gasteiger partial charge on any atom is -0.329 e. The van der Waals surface area contributed by atoms with Gasteiger partial charge in [0.1, 0.15) is 12.6 Å². The van der Waals surface area contributed by atoms with Gasteiger partial charge in [0.2, 0.25) is 5.91 Å². The van der Waals surface area contributed by atoms with Gasteiger partial charge in [0.05, 0.1) is 17.1 Å². The zero-order valence-corrected chi connectivity index (χ0v) is 21.7. The number of benzene rings is 3. The number of amides is 2. The van der Waals surface area contributed by atoms with Crippen LogP contribution in [0.4, 0.5) is 5.69 Å². The first kappa shape index (κ1) is 24.6. The predicted octanol–water partition coefficient (Wildman–Crippen LogP) is 6.47. The van der Waals surface area contributed by atoms with Crippen LogP contribution in [0.3, 0.4) is 0 Å². The van der Waals surface area contributed by atoms with Crippen LogP contribution in [0.25, 0.3) is 5.69 Å². The molecule has 1 aliphatic rings. The van der Waals surface area contributed by atoms with Crippen LogP contribution in [0.2, 0.25) is 0 Å². The van der Waals surface area contributed by atoms with Crippen molar-refractivity contribution >= 4 is 17.5 Å². The normalized spacial score (nSPS) is 14.1. The van der Waals surface area contributed by atoms with E-state index in [0.29, 0.717) is 12.1 Å². The number of carbonyl (C=O) groups excluding carboxylic acids is 2. The van der Waals surface area contributed by atoms with E-state index in [0.717, 1.165) is 46.6 Å². The number of aromatic nitrogens is 1. The predicted molar refractivity (Wildman–Crippen MR) is 148 cm³/mol. The number of fused-ring (bicyclic) bond motifs is 3. The van der Waals surface area contributed by atoms with Crippen LogP contribution in [-0.4, -0.2) is 34.4 Å². The Morgan fingerprint density at radius 1 is 0.838 bits per heavy atom. The van der Waals surface area contributed by atoms with E-state index >= 15 is 0 Å². The van der Waals surface area contributed by atoms with E-state index in [2.05, 4.69) is 42.7 Å². The molecule has 4 aromatic rings. The Balaban J connectivity index is 1.55. The summed E-state index contributed by atoms with van der Waals surface area (Å²) in [5.74, 6) is -0.203. The number of hydrogen-bond acceptors (Lipinski definition) is 2. The Morgan fingerprint density at radius 3 is 2.32 bits per heavy atom. The molecular weight excluding hydrogens is 458 g/mol. The maximum absolute atomic E-state index is 14.2. The van der Waals surface area contributed by atoms with Crippen LogP contribution in [0.5, 0.6) is 0 Å². The molecule has 5 nitrogen and oxygen atoms in total. The molecule has 0 fully saturated rings. The second kappa shape index (κ2) is 10.5. The van der Waals surface area contributed by atoms with Crippen LogP contribution in [-0.2, 0) is 4.79 Å². The molecule has 5 heteroatoms. The number of para-hydroxylation sites is 2. The van der Waals surface area contributed by atoms with Crippen molar-refractivity contribution in [3.05, 3.63) is 119 Å². The van der Waals surface area contributed by atoms with Crippen LogP contribution in [0, 0.1) is 13.8 Å². The number of nitrogens with zero attached hydrogens (tertiary/aromatic N) is 3. The molecule has 188 valence electrons. The Bertz CT molecular complexity index is 1420. The van der Waals surface area contributed by atoms with E-state index in [9.17, 15) is 9.59 Å². The zero-order chi connectivity index (χ0) is 25.9. The molecule has 3 aromatic carbocycles. The third-order valence-electron chi connectivity index (χ3n) is 7.04.